The summed E-state index contributed by atoms with van der Waals surface area (Å²) in [5.74, 6) is 0.674. The number of carbonyl (C=O) groups excluding carboxylic acids is 1. The van der Waals surface area contributed by atoms with E-state index in [0.717, 1.165) is 11.8 Å². The quantitative estimate of drug-likeness (QED) is 0.792. The van der Waals surface area contributed by atoms with Gasteiger partial charge in [-0.3, -0.25) is 4.79 Å². The Morgan fingerprint density at radius 3 is 2.89 bits per heavy atom. The van der Waals surface area contributed by atoms with Gasteiger partial charge in [0.05, 0.1) is 5.56 Å². The van der Waals surface area contributed by atoms with Gasteiger partial charge in [0.15, 0.2) is 6.29 Å². The first kappa shape index (κ1) is 12.6. The Bertz CT molecular complexity index is 557. The van der Waals surface area contributed by atoms with Crippen LogP contribution < -0.4 is 4.90 Å². The van der Waals surface area contributed by atoms with Gasteiger partial charge in [-0.05, 0) is 29.8 Å². The third-order valence-corrected chi connectivity index (χ3v) is 2.85. The van der Waals surface area contributed by atoms with Gasteiger partial charge in [0.2, 0.25) is 0 Å². The van der Waals surface area contributed by atoms with E-state index in [1.165, 1.54) is 0 Å². The highest BCUT2D eigenvalue weighted by Crippen LogP contribution is 2.18. The lowest BCUT2D eigenvalue weighted by molar-refractivity contribution is 0.112. The Hall–Kier alpha value is -1.87. The number of carbonyl (C=O) groups is 1. The summed E-state index contributed by atoms with van der Waals surface area (Å²) in [6, 6.07) is 11.1. The van der Waals surface area contributed by atoms with Crippen LogP contribution in [0.4, 0.5) is 5.82 Å². The summed E-state index contributed by atoms with van der Waals surface area (Å²) >= 11 is 5.94. The molecule has 0 unspecified atom stereocenters. The lowest BCUT2D eigenvalue weighted by Crippen LogP contribution is -2.19. The van der Waals surface area contributed by atoms with Gasteiger partial charge in [-0.1, -0.05) is 23.7 Å². The molecule has 0 saturated heterocycles. The van der Waals surface area contributed by atoms with E-state index in [1.54, 1.807) is 18.3 Å². The molecule has 0 amide bonds. The molecule has 0 aliphatic heterocycles. The molecule has 2 rings (SSSR count). The molecule has 92 valence electrons. The molecule has 0 bridgehead atoms. The minimum Gasteiger partial charge on any atom is -0.355 e. The summed E-state index contributed by atoms with van der Waals surface area (Å²) in [6.45, 7) is 0.651. The highest BCUT2D eigenvalue weighted by molar-refractivity contribution is 6.30. The molecule has 3 nitrogen and oxygen atoms in total. The topological polar surface area (TPSA) is 33.2 Å². The maximum atomic E-state index is 11.0. The lowest BCUT2D eigenvalue weighted by atomic mass is 10.2. The molecule has 0 fully saturated rings. The molecule has 0 radical (unpaired) electrons. The zero-order valence-electron chi connectivity index (χ0n) is 10.0. The fourth-order valence-corrected chi connectivity index (χ4v) is 2.02. The molecule has 0 atom stereocenters. The van der Waals surface area contributed by atoms with Crippen LogP contribution in [0.1, 0.15) is 15.9 Å². The summed E-state index contributed by atoms with van der Waals surface area (Å²) in [5, 5.41) is 0.706. The van der Waals surface area contributed by atoms with Crippen molar-refractivity contribution in [2.75, 3.05) is 11.9 Å². The molecule has 0 N–H and O–H groups in total. The van der Waals surface area contributed by atoms with Crippen molar-refractivity contribution in [1.29, 1.82) is 0 Å². The molecule has 1 aromatic carbocycles. The third-order valence-electron chi connectivity index (χ3n) is 2.61. The molecule has 0 spiro atoms. The second kappa shape index (κ2) is 5.65. The van der Waals surface area contributed by atoms with Crippen LogP contribution in [0.5, 0.6) is 0 Å². The summed E-state index contributed by atoms with van der Waals surface area (Å²) in [6.07, 6.45) is 2.49. The number of benzene rings is 1. The molecular formula is C14H13ClN2O. The molecule has 0 aliphatic rings. The zero-order valence-corrected chi connectivity index (χ0v) is 10.8. The third kappa shape index (κ3) is 2.87. The van der Waals surface area contributed by atoms with Crippen LogP contribution in [0.25, 0.3) is 0 Å². The smallest absolute Gasteiger partial charge is 0.153 e. The van der Waals surface area contributed by atoms with Crippen molar-refractivity contribution < 1.29 is 4.79 Å². The van der Waals surface area contributed by atoms with Gasteiger partial charge in [-0.25, -0.2) is 4.98 Å². The van der Waals surface area contributed by atoms with E-state index in [4.69, 9.17) is 11.6 Å². The van der Waals surface area contributed by atoms with Gasteiger partial charge in [-0.2, -0.15) is 0 Å². The maximum absolute atomic E-state index is 11.0. The maximum Gasteiger partial charge on any atom is 0.153 e. The van der Waals surface area contributed by atoms with Crippen LogP contribution in [-0.2, 0) is 6.54 Å². The number of halogens is 1. The predicted octanol–water partition coefficient (Wildman–Crippen LogP) is 3.18. The Kier molecular flexibility index (Phi) is 3.95. The summed E-state index contributed by atoms with van der Waals surface area (Å²) < 4.78 is 0. The first-order valence-electron chi connectivity index (χ1n) is 5.56. The highest BCUT2D eigenvalue weighted by atomic mass is 35.5. The molecule has 0 saturated carbocycles. The molecule has 0 aliphatic carbocycles. The largest absolute Gasteiger partial charge is 0.355 e. The normalized spacial score (nSPS) is 10.1. The Balaban J connectivity index is 2.21. The number of anilines is 1. The van der Waals surface area contributed by atoms with Crippen molar-refractivity contribution >= 4 is 23.7 Å². The minimum atomic E-state index is 0.585. The van der Waals surface area contributed by atoms with Gasteiger partial charge in [0.25, 0.3) is 0 Å². The van der Waals surface area contributed by atoms with Gasteiger partial charge >= 0.3 is 0 Å². The average Bonchev–Trinajstić information content (AvgIpc) is 2.38. The number of nitrogens with zero attached hydrogens (tertiary/aromatic N) is 2. The second-order valence-electron chi connectivity index (χ2n) is 4.02. The van der Waals surface area contributed by atoms with Crippen LogP contribution in [0.3, 0.4) is 0 Å². The Morgan fingerprint density at radius 2 is 2.17 bits per heavy atom. The van der Waals surface area contributed by atoms with E-state index < -0.39 is 0 Å². The van der Waals surface area contributed by atoms with E-state index in [1.807, 2.05) is 36.2 Å². The van der Waals surface area contributed by atoms with Crippen molar-refractivity contribution in [3.8, 4) is 0 Å². The molecular weight excluding hydrogens is 248 g/mol. The highest BCUT2D eigenvalue weighted by Gasteiger charge is 2.08. The van der Waals surface area contributed by atoms with Gasteiger partial charge < -0.3 is 4.90 Å². The van der Waals surface area contributed by atoms with E-state index >= 15 is 0 Å². The molecule has 2 aromatic rings. The van der Waals surface area contributed by atoms with Gasteiger partial charge in [0.1, 0.15) is 5.82 Å². The van der Waals surface area contributed by atoms with E-state index in [2.05, 4.69) is 4.98 Å². The van der Waals surface area contributed by atoms with Crippen molar-refractivity contribution in [3.05, 3.63) is 58.7 Å². The standard InChI is InChI=1S/C14H13ClN2O/c1-17(9-11-4-2-6-13(15)8-11)14-12(10-18)5-3-7-16-14/h2-8,10H,9H2,1H3. The Morgan fingerprint density at radius 1 is 1.33 bits per heavy atom. The number of aldehydes is 1. The minimum absolute atomic E-state index is 0.585. The first-order chi connectivity index (χ1) is 8.70. The van der Waals surface area contributed by atoms with Gasteiger partial charge in [0, 0.05) is 24.8 Å². The monoisotopic (exact) mass is 260 g/mol. The second-order valence-corrected chi connectivity index (χ2v) is 4.46. The van der Waals surface area contributed by atoms with E-state index in [0.29, 0.717) is 22.9 Å². The predicted molar refractivity (Wildman–Crippen MR) is 73.2 cm³/mol. The lowest BCUT2D eigenvalue weighted by Gasteiger charge is -2.19. The molecule has 4 heteroatoms. The van der Waals surface area contributed by atoms with Crippen LogP contribution >= 0.6 is 11.6 Å². The summed E-state index contributed by atoms with van der Waals surface area (Å²) in [4.78, 5) is 17.1. The number of rotatable bonds is 4. The van der Waals surface area contributed by atoms with E-state index in [-0.39, 0.29) is 0 Å². The average molecular weight is 261 g/mol. The van der Waals surface area contributed by atoms with Crippen LogP contribution in [0, 0.1) is 0 Å². The van der Waals surface area contributed by atoms with Crippen LogP contribution in [0.15, 0.2) is 42.6 Å². The van der Waals surface area contributed by atoms with Crippen molar-refractivity contribution in [1.82, 2.24) is 4.98 Å². The van der Waals surface area contributed by atoms with Crippen molar-refractivity contribution in [2.24, 2.45) is 0 Å². The van der Waals surface area contributed by atoms with Crippen LogP contribution in [-0.4, -0.2) is 18.3 Å². The fourth-order valence-electron chi connectivity index (χ4n) is 1.80. The number of aromatic nitrogens is 1. The summed E-state index contributed by atoms with van der Waals surface area (Å²) in [7, 11) is 1.90. The van der Waals surface area contributed by atoms with Crippen LogP contribution in [0.2, 0.25) is 5.02 Å². The SMILES string of the molecule is CN(Cc1cccc(Cl)c1)c1ncccc1C=O. The Labute approximate surface area is 111 Å². The number of hydrogen-bond donors (Lipinski definition) is 0. The van der Waals surface area contributed by atoms with Crippen molar-refractivity contribution in [2.45, 2.75) is 6.54 Å². The molecule has 1 heterocycles. The number of hydrogen-bond acceptors (Lipinski definition) is 3. The molecule has 1 aromatic heterocycles. The zero-order chi connectivity index (χ0) is 13.0. The summed E-state index contributed by atoms with van der Waals surface area (Å²) in [5.41, 5.74) is 1.66. The van der Waals surface area contributed by atoms with Gasteiger partial charge in [-0.15, -0.1) is 0 Å². The molecule has 18 heavy (non-hydrogen) atoms. The number of pyridine rings is 1. The van der Waals surface area contributed by atoms with Crippen molar-refractivity contribution in [3.63, 3.8) is 0 Å². The fraction of sp³-hybridized carbons (Fsp3) is 0.143. The first-order valence-corrected chi connectivity index (χ1v) is 5.94. The van der Waals surface area contributed by atoms with E-state index in [9.17, 15) is 4.79 Å².